The van der Waals surface area contributed by atoms with Gasteiger partial charge in [-0.25, -0.2) is 0 Å². The van der Waals surface area contributed by atoms with Crippen LogP contribution in [0.4, 0.5) is 0 Å². The van der Waals surface area contributed by atoms with Crippen molar-refractivity contribution in [3.8, 4) is 0 Å². The van der Waals surface area contributed by atoms with Gasteiger partial charge in [-0.05, 0) is 59.0 Å². The first-order valence-electron chi connectivity index (χ1n) is 8.32. The van der Waals surface area contributed by atoms with Crippen LogP contribution in [0.15, 0.2) is 0 Å². The van der Waals surface area contributed by atoms with Crippen LogP contribution >= 0.6 is 0 Å². The van der Waals surface area contributed by atoms with Crippen LogP contribution in [0.5, 0.6) is 0 Å². The highest BCUT2D eigenvalue weighted by Gasteiger charge is 2.37. The summed E-state index contributed by atoms with van der Waals surface area (Å²) in [7, 11) is 2.13. The minimum atomic E-state index is 0.0610. The minimum absolute atomic E-state index is 0.0610. The fourth-order valence-corrected chi connectivity index (χ4v) is 3.44. The Bertz CT molecular complexity index is 305. The van der Waals surface area contributed by atoms with Gasteiger partial charge in [-0.15, -0.1) is 0 Å². The minimum Gasteiger partial charge on any atom is -0.355 e. The molecule has 0 aromatic heterocycles. The van der Waals surface area contributed by atoms with Gasteiger partial charge in [-0.3, -0.25) is 4.79 Å². The molecular formula is C16H31N3O. The molecule has 0 aromatic rings. The molecule has 2 N–H and O–H groups in total. The molecule has 3 atom stereocenters. The molecule has 4 nitrogen and oxygen atoms in total. The van der Waals surface area contributed by atoms with Gasteiger partial charge in [0.05, 0.1) is 6.04 Å². The number of nitrogens with zero attached hydrogens (tertiary/aromatic N) is 1. The standard InChI is InChI=1S/C16H31N3O/c1-12(2)19(3)10-6-9-17-16(20)15-11-13-7-4-5-8-14(13)18-15/h12-15,18H,4-11H2,1-3H3,(H,17,20). The zero-order chi connectivity index (χ0) is 14.5. The second-order valence-electron chi connectivity index (χ2n) is 6.82. The molecule has 20 heavy (non-hydrogen) atoms. The largest absolute Gasteiger partial charge is 0.355 e. The Balaban J connectivity index is 1.63. The summed E-state index contributed by atoms with van der Waals surface area (Å²) in [6.07, 6.45) is 7.30. The molecule has 1 aliphatic carbocycles. The third-order valence-corrected chi connectivity index (χ3v) is 5.05. The molecular weight excluding hydrogens is 250 g/mol. The summed E-state index contributed by atoms with van der Waals surface area (Å²) in [4.78, 5) is 14.5. The predicted molar refractivity (Wildman–Crippen MR) is 82.7 cm³/mol. The van der Waals surface area contributed by atoms with Gasteiger partial charge in [0, 0.05) is 18.6 Å². The van der Waals surface area contributed by atoms with Gasteiger partial charge in [-0.2, -0.15) is 0 Å². The first-order chi connectivity index (χ1) is 9.58. The molecule has 3 unspecified atom stereocenters. The van der Waals surface area contributed by atoms with E-state index in [0.29, 0.717) is 12.1 Å². The second kappa shape index (κ2) is 7.41. The van der Waals surface area contributed by atoms with E-state index in [9.17, 15) is 4.79 Å². The van der Waals surface area contributed by atoms with Crippen LogP contribution in [0.3, 0.4) is 0 Å². The highest BCUT2D eigenvalue weighted by molar-refractivity contribution is 5.82. The van der Waals surface area contributed by atoms with E-state index >= 15 is 0 Å². The summed E-state index contributed by atoms with van der Waals surface area (Å²) in [5.74, 6) is 0.957. The first kappa shape index (κ1) is 15.8. The van der Waals surface area contributed by atoms with Crippen molar-refractivity contribution >= 4 is 5.91 Å². The van der Waals surface area contributed by atoms with E-state index in [2.05, 4.69) is 36.4 Å². The molecule has 1 saturated heterocycles. The lowest BCUT2D eigenvalue weighted by Gasteiger charge is -2.24. The van der Waals surface area contributed by atoms with Gasteiger partial charge in [0.25, 0.3) is 0 Å². The summed E-state index contributed by atoms with van der Waals surface area (Å²) in [5, 5.41) is 6.64. The number of carbonyl (C=O) groups is 1. The quantitative estimate of drug-likeness (QED) is 0.729. The summed E-state index contributed by atoms with van der Waals surface area (Å²) < 4.78 is 0. The number of hydrogen-bond acceptors (Lipinski definition) is 3. The van der Waals surface area contributed by atoms with E-state index in [0.717, 1.165) is 31.8 Å². The van der Waals surface area contributed by atoms with Crippen molar-refractivity contribution < 1.29 is 4.79 Å². The summed E-state index contributed by atoms with van der Waals surface area (Å²) >= 11 is 0. The maximum Gasteiger partial charge on any atom is 0.237 e. The molecule has 1 amide bonds. The van der Waals surface area contributed by atoms with E-state index in [1.54, 1.807) is 0 Å². The molecule has 4 heteroatoms. The SMILES string of the molecule is CC(C)N(C)CCCNC(=O)C1CC2CCCCC2N1. The zero-order valence-corrected chi connectivity index (χ0v) is 13.3. The van der Waals surface area contributed by atoms with E-state index in [4.69, 9.17) is 0 Å². The molecule has 116 valence electrons. The van der Waals surface area contributed by atoms with Gasteiger partial charge in [-0.1, -0.05) is 12.8 Å². The van der Waals surface area contributed by atoms with Crippen LogP contribution < -0.4 is 10.6 Å². The normalized spacial score (nSPS) is 29.8. The molecule has 2 rings (SSSR count). The molecule has 0 spiro atoms. The van der Waals surface area contributed by atoms with Crippen LogP contribution in [0.2, 0.25) is 0 Å². The van der Waals surface area contributed by atoms with Crippen LogP contribution in [0.1, 0.15) is 52.4 Å². The molecule has 0 radical (unpaired) electrons. The van der Waals surface area contributed by atoms with Crippen molar-refractivity contribution in [2.45, 2.75) is 70.5 Å². The fourth-order valence-electron chi connectivity index (χ4n) is 3.44. The topological polar surface area (TPSA) is 44.4 Å². The Morgan fingerprint density at radius 3 is 2.80 bits per heavy atom. The van der Waals surface area contributed by atoms with Gasteiger partial charge in [0.15, 0.2) is 0 Å². The lowest BCUT2D eigenvalue weighted by atomic mass is 9.85. The van der Waals surface area contributed by atoms with E-state index in [1.165, 1.54) is 25.7 Å². The molecule has 1 heterocycles. The molecule has 2 fully saturated rings. The Hall–Kier alpha value is -0.610. The van der Waals surface area contributed by atoms with Gasteiger partial charge in [0.1, 0.15) is 0 Å². The van der Waals surface area contributed by atoms with Crippen LogP contribution in [-0.4, -0.2) is 49.1 Å². The summed E-state index contributed by atoms with van der Waals surface area (Å²) in [6.45, 7) is 6.23. The molecule has 1 aliphatic heterocycles. The third kappa shape index (κ3) is 4.19. The number of nitrogens with one attached hydrogen (secondary N) is 2. The van der Waals surface area contributed by atoms with Crippen molar-refractivity contribution in [1.29, 1.82) is 0 Å². The molecule has 1 saturated carbocycles. The lowest BCUT2D eigenvalue weighted by molar-refractivity contribution is -0.122. The number of carbonyl (C=O) groups excluding carboxylic acids is 1. The van der Waals surface area contributed by atoms with E-state index in [1.807, 2.05) is 0 Å². The first-order valence-corrected chi connectivity index (χ1v) is 8.32. The molecule has 2 aliphatic rings. The lowest BCUT2D eigenvalue weighted by Crippen LogP contribution is -2.43. The van der Waals surface area contributed by atoms with Gasteiger partial charge in [0.2, 0.25) is 5.91 Å². The molecule has 0 bridgehead atoms. The zero-order valence-electron chi connectivity index (χ0n) is 13.3. The maximum atomic E-state index is 12.2. The van der Waals surface area contributed by atoms with Gasteiger partial charge < -0.3 is 15.5 Å². The third-order valence-electron chi connectivity index (χ3n) is 5.05. The fraction of sp³-hybridized carbons (Fsp3) is 0.938. The van der Waals surface area contributed by atoms with Crippen molar-refractivity contribution in [1.82, 2.24) is 15.5 Å². The summed E-state index contributed by atoms with van der Waals surface area (Å²) in [6, 6.07) is 1.24. The van der Waals surface area contributed by atoms with Crippen molar-refractivity contribution in [2.75, 3.05) is 20.1 Å². The Morgan fingerprint density at radius 1 is 1.35 bits per heavy atom. The van der Waals surface area contributed by atoms with Crippen LogP contribution in [-0.2, 0) is 4.79 Å². The maximum absolute atomic E-state index is 12.2. The second-order valence-corrected chi connectivity index (χ2v) is 6.82. The number of amides is 1. The van der Waals surface area contributed by atoms with Crippen molar-refractivity contribution in [3.63, 3.8) is 0 Å². The van der Waals surface area contributed by atoms with Crippen molar-refractivity contribution in [3.05, 3.63) is 0 Å². The summed E-state index contributed by atoms with van der Waals surface area (Å²) in [5.41, 5.74) is 0. The smallest absolute Gasteiger partial charge is 0.237 e. The average Bonchev–Trinajstić information content (AvgIpc) is 2.86. The monoisotopic (exact) mass is 281 g/mol. The van der Waals surface area contributed by atoms with Crippen LogP contribution in [0.25, 0.3) is 0 Å². The molecule has 0 aromatic carbocycles. The Morgan fingerprint density at radius 2 is 2.10 bits per heavy atom. The highest BCUT2D eigenvalue weighted by Crippen LogP contribution is 2.33. The van der Waals surface area contributed by atoms with Gasteiger partial charge >= 0.3 is 0 Å². The number of rotatable bonds is 6. The predicted octanol–water partition coefficient (Wildman–Crippen LogP) is 1.75. The van der Waals surface area contributed by atoms with E-state index in [-0.39, 0.29) is 11.9 Å². The van der Waals surface area contributed by atoms with E-state index < -0.39 is 0 Å². The van der Waals surface area contributed by atoms with Crippen LogP contribution in [0, 0.1) is 5.92 Å². The van der Waals surface area contributed by atoms with Crippen molar-refractivity contribution in [2.24, 2.45) is 5.92 Å². The Labute approximate surface area is 123 Å². The average molecular weight is 281 g/mol. The Kier molecular flexibility index (Phi) is 5.85. The highest BCUT2D eigenvalue weighted by atomic mass is 16.2. The number of fused-ring (bicyclic) bond motifs is 1. The number of hydrogen-bond donors (Lipinski definition) is 2.